The molecular formula is C28H22F3N5O2. The SMILES string of the molecule is COc1cnc2c(-c3ccccn3)c(-c3ccnc(NC(=O)[C@H](CC(F)F)c4ccc(F)cc4)c3)[nH]c2c1. The van der Waals surface area contributed by atoms with Gasteiger partial charge in [0.05, 0.1) is 47.2 Å². The van der Waals surface area contributed by atoms with Crippen LogP contribution in [0.5, 0.6) is 5.75 Å². The molecule has 4 aromatic heterocycles. The Morgan fingerprint density at radius 3 is 2.55 bits per heavy atom. The van der Waals surface area contributed by atoms with E-state index in [2.05, 4.69) is 25.3 Å². The first kappa shape index (κ1) is 24.9. The van der Waals surface area contributed by atoms with Gasteiger partial charge in [-0.15, -0.1) is 0 Å². The Balaban J connectivity index is 1.52. The van der Waals surface area contributed by atoms with E-state index in [4.69, 9.17) is 4.74 Å². The maximum absolute atomic E-state index is 13.4. The van der Waals surface area contributed by atoms with E-state index in [1.807, 2.05) is 24.3 Å². The molecule has 0 bridgehead atoms. The van der Waals surface area contributed by atoms with Crippen molar-refractivity contribution in [3.8, 4) is 28.3 Å². The number of benzene rings is 1. The van der Waals surface area contributed by atoms with Gasteiger partial charge in [-0.3, -0.25) is 14.8 Å². The fraction of sp³-hybridized carbons (Fsp3) is 0.143. The lowest BCUT2D eigenvalue weighted by atomic mass is 9.95. The number of methoxy groups -OCH3 is 1. The quantitative estimate of drug-likeness (QED) is 0.255. The minimum absolute atomic E-state index is 0.171. The Labute approximate surface area is 215 Å². The van der Waals surface area contributed by atoms with Gasteiger partial charge in [-0.2, -0.15) is 0 Å². The van der Waals surface area contributed by atoms with E-state index >= 15 is 0 Å². The molecule has 0 saturated carbocycles. The number of aromatic amines is 1. The van der Waals surface area contributed by atoms with Crippen molar-refractivity contribution in [2.45, 2.75) is 18.8 Å². The topological polar surface area (TPSA) is 92.8 Å². The van der Waals surface area contributed by atoms with Gasteiger partial charge in [0.1, 0.15) is 17.4 Å². The number of H-pyrrole nitrogens is 1. The van der Waals surface area contributed by atoms with E-state index < -0.39 is 30.5 Å². The first-order chi connectivity index (χ1) is 18.4. The summed E-state index contributed by atoms with van der Waals surface area (Å²) >= 11 is 0. The molecule has 1 atom stereocenters. The lowest BCUT2D eigenvalue weighted by Crippen LogP contribution is -2.23. The predicted octanol–water partition coefficient (Wildman–Crippen LogP) is 6.21. The summed E-state index contributed by atoms with van der Waals surface area (Å²) in [5.41, 5.74) is 4.45. The van der Waals surface area contributed by atoms with Crippen molar-refractivity contribution < 1.29 is 22.7 Å². The minimum Gasteiger partial charge on any atom is -0.495 e. The summed E-state index contributed by atoms with van der Waals surface area (Å²) in [5, 5.41) is 2.64. The van der Waals surface area contributed by atoms with Gasteiger partial charge in [-0.1, -0.05) is 18.2 Å². The van der Waals surface area contributed by atoms with Crippen LogP contribution in [0.4, 0.5) is 19.0 Å². The summed E-state index contributed by atoms with van der Waals surface area (Å²) in [4.78, 5) is 29.7. The Kier molecular flexibility index (Phi) is 7.03. The van der Waals surface area contributed by atoms with Gasteiger partial charge in [0.2, 0.25) is 12.3 Å². The fourth-order valence-corrected chi connectivity index (χ4v) is 4.28. The number of hydrogen-bond donors (Lipinski definition) is 2. The minimum atomic E-state index is -2.73. The normalized spacial score (nSPS) is 12.0. The number of nitrogens with one attached hydrogen (secondary N) is 2. The molecular weight excluding hydrogens is 495 g/mol. The lowest BCUT2D eigenvalue weighted by Gasteiger charge is -2.17. The number of fused-ring (bicyclic) bond motifs is 1. The highest BCUT2D eigenvalue weighted by Gasteiger charge is 2.26. The maximum atomic E-state index is 13.4. The van der Waals surface area contributed by atoms with Crippen LogP contribution < -0.4 is 10.1 Å². The fourth-order valence-electron chi connectivity index (χ4n) is 4.28. The van der Waals surface area contributed by atoms with Crippen LogP contribution in [-0.2, 0) is 4.79 Å². The van der Waals surface area contributed by atoms with Crippen LogP contribution in [0.2, 0.25) is 0 Å². The number of aromatic nitrogens is 4. The summed E-state index contributed by atoms with van der Waals surface area (Å²) < 4.78 is 45.3. The third-order valence-electron chi connectivity index (χ3n) is 6.07. The first-order valence-electron chi connectivity index (χ1n) is 11.7. The smallest absolute Gasteiger partial charge is 0.239 e. The van der Waals surface area contributed by atoms with E-state index in [1.165, 1.54) is 18.3 Å². The van der Waals surface area contributed by atoms with Crippen molar-refractivity contribution in [1.29, 1.82) is 0 Å². The zero-order valence-electron chi connectivity index (χ0n) is 20.2. The van der Waals surface area contributed by atoms with Gasteiger partial charge in [0, 0.05) is 30.4 Å². The highest BCUT2D eigenvalue weighted by molar-refractivity contribution is 6.01. The summed E-state index contributed by atoms with van der Waals surface area (Å²) in [6.07, 6.45) is 1.36. The molecule has 0 saturated heterocycles. The monoisotopic (exact) mass is 517 g/mol. The molecule has 192 valence electrons. The highest BCUT2D eigenvalue weighted by Crippen LogP contribution is 2.38. The summed E-state index contributed by atoms with van der Waals surface area (Å²) in [6, 6.07) is 15.7. The van der Waals surface area contributed by atoms with Crippen LogP contribution in [-0.4, -0.2) is 39.4 Å². The number of halogens is 3. The zero-order chi connectivity index (χ0) is 26.6. The molecule has 0 unspecified atom stereocenters. The second-order valence-electron chi connectivity index (χ2n) is 8.51. The number of hydrogen-bond acceptors (Lipinski definition) is 5. The number of nitrogens with zero attached hydrogens (tertiary/aromatic N) is 3. The van der Waals surface area contributed by atoms with Crippen LogP contribution in [0.25, 0.3) is 33.5 Å². The second-order valence-corrected chi connectivity index (χ2v) is 8.51. The molecule has 0 radical (unpaired) electrons. The number of alkyl halides is 2. The number of ether oxygens (including phenoxy) is 1. The molecule has 0 aliphatic rings. The number of rotatable bonds is 8. The van der Waals surface area contributed by atoms with Crippen molar-refractivity contribution >= 4 is 22.8 Å². The molecule has 0 fully saturated rings. The van der Waals surface area contributed by atoms with E-state index in [1.54, 1.807) is 31.6 Å². The van der Waals surface area contributed by atoms with Gasteiger partial charge in [0.15, 0.2) is 0 Å². The van der Waals surface area contributed by atoms with Crippen LogP contribution in [0.3, 0.4) is 0 Å². The third-order valence-corrected chi connectivity index (χ3v) is 6.07. The van der Waals surface area contributed by atoms with Crippen LogP contribution in [0, 0.1) is 5.82 Å². The zero-order valence-corrected chi connectivity index (χ0v) is 20.2. The molecule has 0 spiro atoms. The van der Waals surface area contributed by atoms with Gasteiger partial charge < -0.3 is 15.0 Å². The van der Waals surface area contributed by atoms with Gasteiger partial charge in [-0.25, -0.2) is 18.2 Å². The molecule has 2 N–H and O–H groups in total. The lowest BCUT2D eigenvalue weighted by molar-refractivity contribution is -0.118. The molecule has 10 heteroatoms. The van der Waals surface area contributed by atoms with Crippen molar-refractivity contribution in [3.63, 3.8) is 0 Å². The van der Waals surface area contributed by atoms with Gasteiger partial charge >= 0.3 is 0 Å². The molecule has 5 aromatic rings. The van der Waals surface area contributed by atoms with Gasteiger partial charge in [-0.05, 0) is 42.0 Å². The third kappa shape index (κ3) is 5.19. The largest absolute Gasteiger partial charge is 0.495 e. The van der Waals surface area contributed by atoms with Crippen molar-refractivity contribution in [2.75, 3.05) is 12.4 Å². The average Bonchev–Trinajstić information content (AvgIpc) is 3.31. The van der Waals surface area contributed by atoms with E-state index in [9.17, 15) is 18.0 Å². The summed E-state index contributed by atoms with van der Waals surface area (Å²) in [5.74, 6) is -1.63. The number of amides is 1. The van der Waals surface area contributed by atoms with Crippen LogP contribution in [0.1, 0.15) is 17.9 Å². The summed E-state index contributed by atoms with van der Waals surface area (Å²) in [7, 11) is 1.55. The number of carbonyl (C=O) groups excluding carboxylic acids is 1. The maximum Gasteiger partial charge on any atom is 0.239 e. The van der Waals surface area contributed by atoms with E-state index in [0.29, 0.717) is 28.2 Å². The highest BCUT2D eigenvalue weighted by atomic mass is 19.3. The predicted molar refractivity (Wildman–Crippen MR) is 137 cm³/mol. The Morgan fingerprint density at radius 1 is 1.03 bits per heavy atom. The van der Waals surface area contributed by atoms with Crippen molar-refractivity contribution in [2.24, 2.45) is 0 Å². The number of pyridine rings is 3. The Morgan fingerprint density at radius 2 is 1.84 bits per heavy atom. The molecule has 5 rings (SSSR count). The van der Waals surface area contributed by atoms with Crippen LogP contribution >= 0.6 is 0 Å². The second kappa shape index (κ2) is 10.7. The van der Waals surface area contributed by atoms with Crippen molar-refractivity contribution in [1.82, 2.24) is 19.9 Å². The molecule has 4 heterocycles. The molecule has 38 heavy (non-hydrogen) atoms. The molecule has 1 amide bonds. The van der Waals surface area contributed by atoms with Gasteiger partial charge in [0.25, 0.3) is 0 Å². The average molecular weight is 518 g/mol. The molecule has 7 nitrogen and oxygen atoms in total. The Hall–Kier alpha value is -4.73. The molecule has 0 aliphatic carbocycles. The van der Waals surface area contributed by atoms with E-state index in [-0.39, 0.29) is 11.4 Å². The van der Waals surface area contributed by atoms with Crippen LogP contribution in [0.15, 0.2) is 79.3 Å². The molecule has 1 aromatic carbocycles. The van der Waals surface area contributed by atoms with Crippen molar-refractivity contribution in [3.05, 3.63) is 90.6 Å². The first-order valence-corrected chi connectivity index (χ1v) is 11.7. The number of carbonyl (C=O) groups is 1. The summed E-state index contributed by atoms with van der Waals surface area (Å²) in [6.45, 7) is 0. The van der Waals surface area contributed by atoms with E-state index in [0.717, 1.165) is 23.2 Å². The Bertz CT molecular complexity index is 1570. The standard InChI is InChI=1S/C28H22F3N5O2/c1-38-19-13-22-27(34-15-19)25(21-4-2-3-10-32-21)26(35-22)17-9-11-33-24(12-17)36-28(37)20(14-23(30)31)16-5-7-18(29)8-6-16/h2-13,15,20,23,35H,14H2,1H3,(H,33,36,37)/t20-/m1/s1. The number of anilines is 1. The molecule has 0 aliphatic heterocycles.